The van der Waals surface area contributed by atoms with Crippen LogP contribution in [0.5, 0.6) is 0 Å². The zero-order valence-corrected chi connectivity index (χ0v) is 8.19. The Morgan fingerprint density at radius 3 is 2.87 bits per heavy atom. The van der Waals surface area contributed by atoms with Crippen LogP contribution in [0.15, 0.2) is 18.2 Å². The van der Waals surface area contributed by atoms with Gasteiger partial charge in [0.05, 0.1) is 11.4 Å². The summed E-state index contributed by atoms with van der Waals surface area (Å²) in [6.45, 7) is 1.08. The van der Waals surface area contributed by atoms with Crippen LogP contribution in [-0.2, 0) is 4.79 Å². The Bertz CT molecular complexity index is 404. The maximum atomic E-state index is 11.1. The van der Waals surface area contributed by atoms with Crippen LogP contribution in [-0.4, -0.2) is 17.4 Å². The fraction of sp³-hybridized carbons (Fsp3) is 0.222. The smallest absolute Gasteiger partial charge is 0.296 e. The molecule has 80 valence electrons. The van der Waals surface area contributed by atoms with Crippen molar-refractivity contribution in [3.8, 4) is 0 Å². The number of amides is 1. The van der Waals surface area contributed by atoms with E-state index in [1.54, 1.807) is 18.2 Å². The average Bonchev–Trinajstić information content (AvgIpc) is 2.10. The lowest BCUT2D eigenvalue weighted by molar-refractivity contribution is -0.467. The fourth-order valence-electron chi connectivity index (χ4n) is 1.09. The number of nitrogens with two attached hydrogens (primary N) is 1. The molecule has 6 heteroatoms. The first kappa shape index (κ1) is 11.0. The number of hydrogen-bond donors (Lipinski definition) is 2. The number of nitrogen functional groups attached to an aromatic ring is 1. The van der Waals surface area contributed by atoms with Crippen molar-refractivity contribution in [2.75, 3.05) is 17.6 Å². The summed E-state index contributed by atoms with van der Waals surface area (Å²) in [6, 6.07) is 5.09. The lowest BCUT2D eigenvalue weighted by atomic mass is 10.2. The molecule has 1 rings (SSSR count). The van der Waals surface area contributed by atoms with Crippen molar-refractivity contribution in [3.05, 3.63) is 33.9 Å². The van der Waals surface area contributed by atoms with E-state index in [1.165, 1.54) is 0 Å². The standard InChI is InChI=1S/C9H11N3O3/c1-6-2-3-7(10)8(4-6)11-9(13)5-12(14)15/h2-4H,5,10H2,1H3,(H,11,13). The first-order valence-electron chi connectivity index (χ1n) is 4.27. The van der Waals surface area contributed by atoms with E-state index in [0.717, 1.165) is 5.56 Å². The Morgan fingerprint density at radius 1 is 1.60 bits per heavy atom. The number of nitrogens with one attached hydrogen (secondary N) is 1. The van der Waals surface area contributed by atoms with Gasteiger partial charge < -0.3 is 11.1 Å². The molecule has 0 saturated heterocycles. The Morgan fingerprint density at radius 2 is 2.27 bits per heavy atom. The molecular formula is C9H11N3O3. The molecule has 0 aliphatic rings. The van der Waals surface area contributed by atoms with Gasteiger partial charge in [-0.05, 0) is 24.6 Å². The minimum absolute atomic E-state index is 0.386. The summed E-state index contributed by atoms with van der Waals surface area (Å²) in [5.41, 5.74) is 7.29. The van der Waals surface area contributed by atoms with E-state index < -0.39 is 17.4 Å². The van der Waals surface area contributed by atoms with Crippen molar-refractivity contribution in [2.24, 2.45) is 0 Å². The van der Waals surface area contributed by atoms with Crippen molar-refractivity contribution in [1.82, 2.24) is 0 Å². The highest BCUT2D eigenvalue weighted by Gasteiger charge is 2.10. The molecule has 1 aromatic rings. The molecule has 0 saturated carbocycles. The van der Waals surface area contributed by atoms with Crippen LogP contribution in [0.4, 0.5) is 11.4 Å². The van der Waals surface area contributed by atoms with E-state index in [1.807, 2.05) is 6.92 Å². The van der Waals surface area contributed by atoms with E-state index in [9.17, 15) is 14.9 Å². The lowest BCUT2D eigenvalue weighted by Crippen LogP contribution is -2.22. The number of carbonyl (C=O) groups excluding carboxylic acids is 1. The molecule has 1 amide bonds. The lowest BCUT2D eigenvalue weighted by Gasteiger charge is -2.06. The minimum Gasteiger partial charge on any atom is -0.397 e. The summed E-state index contributed by atoms with van der Waals surface area (Å²) in [7, 11) is 0. The topological polar surface area (TPSA) is 98.3 Å². The van der Waals surface area contributed by atoms with Gasteiger partial charge in [0.15, 0.2) is 0 Å². The Balaban J connectivity index is 2.76. The van der Waals surface area contributed by atoms with E-state index >= 15 is 0 Å². The third-order valence-corrected chi connectivity index (χ3v) is 1.76. The molecule has 0 unspecified atom stereocenters. The summed E-state index contributed by atoms with van der Waals surface area (Å²) >= 11 is 0. The third kappa shape index (κ3) is 3.26. The molecule has 0 aromatic heterocycles. The molecule has 15 heavy (non-hydrogen) atoms. The van der Waals surface area contributed by atoms with Crippen molar-refractivity contribution >= 4 is 17.3 Å². The van der Waals surface area contributed by atoms with Crippen LogP contribution in [0.1, 0.15) is 5.56 Å². The molecule has 6 nitrogen and oxygen atoms in total. The summed E-state index contributed by atoms with van der Waals surface area (Å²) in [6.07, 6.45) is 0. The number of nitro groups is 1. The van der Waals surface area contributed by atoms with Crippen LogP contribution >= 0.6 is 0 Å². The number of aryl methyl sites for hydroxylation is 1. The molecule has 1 aromatic carbocycles. The normalized spacial score (nSPS) is 9.67. The highest BCUT2D eigenvalue weighted by Crippen LogP contribution is 2.19. The van der Waals surface area contributed by atoms with Crippen molar-refractivity contribution in [3.63, 3.8) is 0 Å². The van der Waals surface area contributed by atoms with E-state index in [-0.39, 0.29) is 0 Å². The molecule has 0 bridgehead atoms. The average molecular weight is 209 g/mol. The maximum Gasteiger partial charge on any atom is 0.296 e. The second-order valence-corrected chi connectivity index (χ2v) is 3.13. The molecular weight excluding hydrogens is 198 g/mol. The summed E-state index contributed by atoms with van der Waals surface area (Å²) in [5.74, 6) is -0.683. The minimum atomic E-state index is -0.757. The number of anilines is 2. The largest absolute Gasteiger partial charge is 0.397 e. The predicted octanol–water partition coefficient (Wildman–Crippen LogP) is 0.792. The molecule has 0 radical (unpaired) electrons. The zero-order valence-electron chi connectivity index (χ0n) is 8.19. The summed E-state index contributed by atoms with van der Waals surface area (Å²) in [4.78, 5) is 20.5. The third-order valence-electron chi connectivity index (χ3n) is 1.76. The molecule has 0 fully saturated rings. The van der Waals surface area contributed by atoms with Gasteiger partial charge in [0, 0.05) is 4.92 Å². The van der Waals surface area contributed by atoms with E-state index in [0.29, 0.717) is 11.4 Å². The maximum absolute atomic E-state index is 11.1. The first-order valence-corrected chi connectivity index (χ1v) is 4.27. The highest BCUT2D eigenvalue weighted by molar-refractivity contribution is 5.94. The Kier molecular flexibility index (Phi) is 3.22. The van der Waals surface area contributed by atoms with Gasteiger partial charge in [-0.2, -0.15) is 0 Å². The summed E-state index contributed by atoms with van der Waals surface area (Å²) in [5, 5.41) is 12.4. The zero-order chi connectivity index (χ0) is 11.4. The van der Waals surface area contributed by atoms with Crippen molar-refractivity contribution in [2.45, 2.75) is 6.92 Å². The Hall–Kier alpha value is -2.11. The molecule has 0 heterocycles. The fourth-order valence-corrected chi connectivity index (χ4v) is 1.09. The van der Waals surface area contributed by atoms with Crippen molar-refractivity contribution in [1.29, 1.82) is 0 Å². The Labute approximate surface area is 86.2 Å². The van der Waals surface area contributed by atoms with E-state index in [4.69, 9.17) is 5.73 Å². The van der Waals surface area contributed by atoms with Gasteiger partial charge in [-0.15, -0.1) is 0 Å². The van der Waals surface area contributed by atoms with Gasteiger partial charge in [0.1, 0.15) is 0 Å². The van der Waals surface area contributed by atoms with Crippen molar-refractivity contribution < 1.29 is 9.72 Å². The quantitative estimate of drug-likeness (QED) is 0.436. The SMILES string of the molecule is Cc1ccc(N)c(NC(=O)C[N+](=O)[O-])c1. The number of benzene rings is 1. The second kappa shape index (κ2) is 4.41. The highest BCUT2D eigenvalue weighted by atomic mass is 16.6. The number of hydrogen-bond acceptors (Lipinski definition) is 4. The van der Waals surface area contributed by atoms with Crippen LogP contribution in [0.25, 0.3) is 0 Å². The van der Waals surface area contributed by atoms with Gasteiger partial charge in [0.2, 0.25) is 0 Å². The van der Waals surface area contributed by atoms with Gasteiger partial charge in [-0.25, -0.2) is 0 Å². The van der Waals surface area contributed by atoms with Crippen LogP contribution in [0, 0.1) is 17.0 Å². The molecule has 0 aliphatic heterocycles. The first-order chi connectivity index (χ1) is 6.99. The monoisotopic (exact) mass is 209 g/mol. The van der Waals surface area contributed by atoms with Crippen LogP contribution < -0.4 is 11.1 Å². The van der Waals surface area contributed by atoms with Gasteiger partial charge in [-0.3, -0.25) is 14.9 Å². The van der Waals surface area contributed by atoms with Crippen LogP contribution in [0.3, 0.4) is 0 Å². The predicted molar refractivity (Wildman–Crippen MR) is 56.1 cm³/mol. The number of nitrogens with zero attached hydrogens (tertiary/aromatic N) is 1. The molecule has 3 N–H and O–H groups in total. The van der Waals surface area contributed by atoms with E-state index in [2.05, 4.69) is 5.32 Å². The molecule has 0 atom stereocenters. The van der Waals surface area contributed by atoms with Gasteiger partial charge >= 0.3 is 0 Å². The number of carbonyl (C=O) groups is 1. The summed E-state index contributed by atoms with van der Waals surface area (Å²) < 4.78 is 0. The van der Waals surface area contributed by atoms with Crippen LogP contribution in [0.2, 0.25) is 0 Å². The number of rotatable bonds is 3. The molecule has 0 spiro atoms. The molecule has 0 aliphatic carbocycles. The van der Waals surface area contributed by atoms with Gasteiger partial charge in [-0.1, -0.05) is 6.07 Å². The second-order valence-electron chi connectivity index (χ2n) is 3.13. The van der Waals surface area contributed by atoms with Gasteiger partial charge in [0.25, 0.3) is 12.5 Å².